The number of carbonyl (C=O) groups is 1. The second kappa shape index (κ2) is 6.89. The average molecular weight is 185 g/mol. The number of hydrazine groups is 1. The number of rotatable bonds is 6. The standard InChI is InChI=1S/C10H21N2O/c1-5-7-8-10(13)12(9-6-2)11(3)4/h8H,5-7,9H2,1-4H3. The third kappa shape index (κ3) is 4.88. The van der Waals surface area contributed by atoms with Gasteiger partial charge in [0, 0.05) is 20.6 Å². The van der Waals surface area contributed by atoms with Crippen LogP contribution in [-0.4, -0.2) is 36.6 Å². The number of amides is 1. The van der Waals surface area contributed by atoms with Crippen molar-refractivity contribution in [2.45, 2.75) is 33.1 Å². The quantitative estimate of drug-likeness (QED) is 0.588. The van der Waals surface area contributed by atoms with Gasteiger partial charge in [0.25, 0.3) is 0 Å². The summed E-state index contributed by atoms with van der Waals surface area (Å²) in [7, 11) is 3.79. The highest BCUT2D eigenvalue weighted by Gasteiger charge is 2.13. The summed E-state index contributed by atoms with van der Waals surface area (Å²) in [6.07, 6.45) is 4.64. The molecule has 3 heteroatoms. The largest absolute Gasteiger partial charge is 0.276 e. The molecule has 1 amide bonds. The second-order valence-corrected chi connectivity index (χ2v) is 3.30. The molecule has 13 heavy (non-hydrogen) atoms. The van der Waals surface area contributed by atoms with Crippen molar-refractivity contribution in [2.24, 2.45) is 0 Å². The molecule has 0 saturated heterocycles. The van der Waals surface area contributed by atoms with E-state index in [0.717, 1.165) is 25.8 Å². The van der Waals surface area contributed by atoms with E-state index < -0.39 is 0 Å². The van der Waals surface area contributed by atoms with Gasteiger partial charge in [0.1, 0.15) is 0 Å². The minimum atomic E-state index is 0.119. The summed E-state index contributed by atoms with van der Waals surface area (Å²) in [5.41, 5.74) is 0. The first-order valence-electron chi connectivity index (χ1n) is 4.95. The number of hydrogen-bond acceptors (Lipinski definition) is 2. The van der Waals surface area contributed by atoms with E-state index in [1.807, 2.05) is 19.1 Å². The molecule has 0 fully saturated rings. The van der Waals surface area contributed by atoms with E-state index in [2.05, 4.69) is 13.8 Å². The predicted octanol–water partition coefficient (Wildman–Crippen LogP) is 1.71. The van der Waals surface area contributed by atoms with Crippen molar-refractivity contribution in [1.29, 1.82) is 0 Å². The van der Waals surface area contributed by atoms with Crippen molar-refractivity contribution in [3.05, 3.63) is 6.42 Å². The number of nitrogens with zero attached hydrogens (tertiary/aromatic N) is 2. The summed E-state index contributed by atoms with van der Waals surface area (Å²) in [5.74, 6) is 0.119. The Labute approximate surface area is 81.7 Å². The van der Waals surface area contributed by atoms with Crippen molar-refractivity contribution >= 4 is 5.91 Å². The van der Waals surface area contributed by atoms with E-state index in [-0.39, 0.29) is 5.91 Å². The van der Waals surface area contributed by atoms with Crippen LogP contribution in [0.3, 0.4) is 0 Å². The van der Waals surface area contributed by atoms with E-state index in [4.69, 9.17) is 0 Å². The lowest BCUT2D eigenvalue weighted by molar-refractivity contribution is -0.140. The van der Waals surface area contributed by atoms with Crippen LogP contribution < -0.4 is 0 Å². The molecule has 0 rings (SSSR count). The lowest BCUT2D eigenvalue weighted by atomic mass is 10.2. The van der Waals surface area contributed by atoms with Gasteiger partial charge in [-0.3, -0.25) is 9.80 Å². The summed E-state index contributed by atoms with van der Waals surface area (Å²) in [5, 5.41) is 3.60. The monoisotopic (exact) mass is 185 g/mol. The maximum Gasteiger partial charge on any atom is 0.240 e. The zero-order chi connectivity index (χ0) is 10.3. The van der Waals surface area contributed by atoms with Gasteiger partial charge in [0.15, 0.2) is 0 Å². The second-order valence-electron chi connectivity index (χ2n) is 3.30. The normalized spacial score (nSPS) is 10.5. The third-order valence-corrected chi connectivity index (χ3v) is 1.78. The molecule has 0 aliphatic rings. The highest BCUT2D eigenvalue weighted by molar-refractivity contribution is 5.84. The topological polar surface area (TPSA) is 23.6 Å². The molecular formula is C10H21N2O. The van der Waals surface area contributed by atoms with Gasteiger partial charge in [-0.05, 0) is 12.8 Å². The summed E-state index contributed by atoms with van der Waals surface area (Å²) >= 11 is 0. The fourth-order valence-electron chi connectivity index (χ4n) is 1.09. The molecule has 0 unspecified atom stereocenters. The lowest BCUT2D eigenvalue weighted by Gasteiger charge is -2.28. The zero-order valence-electron chi connectivity index (χ0n) is 9.21. The Morgan fingerprint density at radius 3 is 2.23 bits per heavy atom. The van der Waals surface area contributed by atoms with Crippen LogP contribution in [0.25, 0.3) is 0 Å². The molecule has 0 aromatic rings. The molecule has 0 aromatic heterocycles. The molecule has 0 aliphatic heterocycles. The van der Waals surface area contributed by atoms with Crippen molar-refractivity contribution in [2.75, 3.05) is 20.6 Å². The van der Waals surface area contributed by atoms with Crippen LogP contribution >= 0.6 is 0 Å². The SMILES string of the molecule is CCC[CH]C(=O)N(CCC)N(C)C. The molecule has 0 saturated carbocycles. The molecule has 0 atom stereocenters. The van der Waals surface area contributed by atoms with E-state index in [1.54, 1.807) is 11.4 Å². The van der Waals surface area contributed by atoms with Gasteiger partial charge in [0.2, 0.25) is 5.91 Å². The van der Waals surface area contributed by atoms with Crippen LogP contribution in [0.2, 0.25) is 0 Å². The van der Waals surface area contributed by atoms with Crippen LogP contribution in [0, 0.1) is 6.42 Å². The van der Waals surface area contributed by atoms with E-state index in [1.165, 1.54) is 0 Å². The minimum Gasteiger partial charge on any atom is -0.276 e. The Hall–Kier alpha value is -0.570. The van der Waals surface area contributed by atoms with E-state index in [9.17, 15) is 4.79 Å². The summed E-state index contributed by atoms with van der Waals surface area (Å²) < 4.78 is 0. The summed E-state index contributed by atoms with van der Waals surface area (Å²) in [6.45, 7) is 4.94. The van der Waals surface area contributed by atoms with Crippen LogP contribution in [0.15, 0.2) is 0 Å². The van der Waals surface area contributed by atoms with Crippen LogP contribution in [0.5, 0.6) is 0 Å². The fourth-order valence-corrected chi connectivity index (χ4v) is 1.09. The Bertz CT molecular complexity index is 146. The zero-order valence-corrected chi connectivity index (χ0v) is 9.21. The molecule has 0 N–H and O–H groups in total. The molecule has 0 bridgehead atoms. The van der Waals surface area contributed by atoms with Gasteiger partial charge in [-0.1, -0.05) is 20.3 Å². The van der Waals surface area contributed by atoms with Gasteiger partial charge >= 0.3 is 0 Å². The van der Waals surface area contributed by atoms with E-state index in [0.29, 0.717) is 0 Å². The van der Waals surface area contributed by atoms with Crippen LogP contribution in [-0.2, 0) is 4.79 Å². The van der Waals surface area contributed by atoms with Crippen molar-refractivity contribution in [3.8, 4) is 0 Å². The molecule has 1 radical (unpaired) electrons. The van der Waals surface area contributed by atoms with Gasteiger partial charge < -0.3 is 0 Å². The first-order valence-corrected chi connectivity index (χ1v) is 4.95. The van der Waals surface area contributed by atoms with Gasteiger partial charge in [-0.2, -0.15) is 0 Å². The number of hydrogen-bond donors (Lipinski definition) is 0. The Morgan fingerprint density at radius 1 is 1.23 bits per heavy atom. The van der Waals surface area contributed by atoms with E-state index >= 15 is 0 Å². The Morgan fingerprint density at radius 2 is 1.85 bits per heavy atom. The summed E-state index contributed by atoms with van der Waals surface area (Å²) in [4.78, 5) is 11.6. The molecule has 3 nitrogen and oxygen atoms in total. The Kier molecular flexibility index (Phi) is 6.59. The lowest BCUT2D eigenvalue weighted by Crippen LogP contribution is -2.42. The van der Waals surface area contributed by atoms with Crippen molar-refractivity contribution < 1.29 is 4.79 Å². The highest BCUT2D eigenvalue weighted by atomic mass is 16.2. The minimum absolute atomic E-state index is 0.119. The molecule has 77 valence electrons. The first kappa shape index (κ1) is 12.4. The van der Waals surface area contributed by atoms with Crippen LogP contribution in [0.1, 0.15) is 33.1 Å². The molecule has 0 aliphatic carbocycles. The average Bonchev–Trinajstić information content (AvgIpc) is 2.09. The maximum atomic E-state index is 11.6. The third-order valence-electron chi connectivity index (χ3n) is 1.78. The summed E-state index contributed by atoms with van der Waals surface area (Å²) in [6, 6.07) is 0. The fraction of sp³-hybridized carbons (Fsp3) is 0.800. The van der Waals surface area contributed by atoms with Crippen molar-refractivity contribution in [3.63, 3.8) is 0 Å². The van der Waals surface area contributed by atoms with Crippen molar-refractivity contribution in [1.82, 2.24) is 10.0 Å². The first-order chi connectivity index (χ1) is 6.13. The molecule has 0 heterocycles. The molecule has 0 aromatic carbocycles. The highest BCUT2D eigenvalue weighted by Crippen LogP contribution is 2.01. The smallest absolute Gasteiger partial charge is 0.240 e. The van der Waals surface area contributed by atoms with Gasteiger partial charge in [0.05, 0.1) is 6.42 Å². The van der Waals surface area contributed by atoms with Crippen LogP contribution in [0.4, 0.5) is 0 Å². The number of carbonyl (C=O) groups excluding carboxylic acids is 1. The predicted molar refractivity (Wildman–Crippen MR) is 54.9 cm³/mol. The van der Waals surface area contributed by atoms with Gasteiger partial charge in [-0.25, -0.2) is 5.01 Å². The molecular weight excluding hydrogens is 164 g/mol. The maximum absolute atomic E-state index is 11.6. The number of unbranched alkanes of at least 4 members (excludes halogenated alkanes) is 1. The Balaban J connectivity index is 3.96. The van der Waals surface area contributed by atoms with Gasteiger partial charge in [-0.15, -0.1) is 0 Å². The molecule has 0 spiro atoms.